The van der Waals surface area contributed by atoms with Crippen LogP contribution in [0, 0.1) is 0 Å². The molecule has 0 spiro atoms. The van der Waals surface area contributed by atoms with Crippen molar-refractivity contribution in [1.29, 1.82) is 0 Å². The number of amides is 1. The first-order valence-electron chi connectivity index (χ1n) is 7.65. The fourth-order valence-electron chi connectivity index (χ4n) is 2.83. The lowest BCUT2D eigenvalue weighted by Crippen LogP contribution is -2.49. The van der Waals surface area contributed by atoms with E-state index in [-0.39, 0.29) is 28.6 Å². The molecule has 134 valence electrons. The molecule has 2 rings (SSSR count). The van der Waals surface area contributed by atoms with Crippen molar-refractivity contribution in [3.8, 4) is 11.5 Å². The van der Waals surface area contributed by atoms with Gasteiger partial charge < -0.3 is 19.1 Å². The molecule has 1 aromatic rings. The van der Waals surface area contributed by atoms with Crippen LogP contribution in [-0.2, 0) is 19.4 Å². The number of morpholine rings is 1. The van der Waals surface area contributed by atoms with Crippen molar-refractivity contribution in [2.24, 2.45) is 0 Å². The number of hydrogen-bond acceptors (Lipinski definition) is 6. The van der Waals surface area contributed by atoms with Crippen molar-refractivity contribution in [2.45, 2.75) is 31.0 Å². The number of sulfone groups is 1. The summed E-state index contributed by atoms with van der Waals surface area (Å²) >= 11 is 0. The van der Waals surface area contributed by atoms with Crippen LogP contribution in [0.15, 0.2) is 23.1 Å². The van der Waals surface area contributed by atoms with Crippen LogP contribution in [-0.4, -0.2) is 64.5 Å². The van der Waals surface area contributed by atoms with E-state index in [1.165, 1.54) is 31.3 Å². The van der Waals surface area contributed by atoms with E-state index in [0.717, 1.165) is 0 Å². The quantitative estimate of drug-likeness (QED) is 0.785. The lowest BCUT2D eigenvalue weighted by Gasteiger charge is -2.35. The molecule has 1 fully saturated rings. The number of hydrogen-bond donors (Lipinski definition) is 0. The van der Waals surface area contributed by atoms with Gasteiger partial charge in [-0.15, -0.1) is 0 Å². The van der Waals surface area contributed by atoms with E-state index in [1.807, 2.05) is 13.8 Å². The summed E-state index contributed by atoms with van der Waals surface area (Å²) in [5.74, 6) is -0.773. The van der Waals surface area contributed by atoms with Gasteiger partial charge in [0.1, 0.15) is 17.3 Å². The van der Waals surface area contributed by atoms with E-state index < -0.39 is 21.5 Å². The molecule has 0 aliphatic carbocycles. The molecule has 1 aliphatic heterocycles. The van der Waals surface area contributed by atoms with Gasteiger partial charge in [-0.3, -0.25) is 4.79 Å². The maximum atomic E-state index is 12.8. The molecule has 7 nitrogen and oxygen atoms in total. The molecule has 0 saturated carbocycles. The summed E-state index contributed by atoms with van der Waals surface area (Å²) in [7, 11) is -1.16. The number of carbonyl (C=O) groups excluding carboxylic acids is 1. The zero-order chi connectivity index (χ0) is 17.9. The molecule has 0 N–H and O–H groups in total. The first-order chi connectivity index (χ1) is 11.3. The Hall–Kier alpha value is -1.80. The predicted molar refractivity (Wildman–Crippen MR) is 88.2 cm³/mol. The van der Waals surface area contributed by atoms with Gasteiger partial charge in [0.2, 0.25) is 5.91 Å². The highest BCUT2D eigenvalue weighted by Gasteiger charge is 2.32. The normalized spacial score (nSPS) is 21.4. The maximum Gasteiger partial charge on any atom is 0.238 e. The Morgan fingerprint density at radius 3 is 2.12 bits per heavy atom. The second-order valence-electron chi connectivity index (χ2n) is 5.81. The van der Waals surface area contributed by atoms with Gasteiger partial charge in [-0.25, -0.2) is 8.42 Å². The average Bonchev–Trinajstić information content (AvgIpc) is 2.52. The van der Waals surface area contributed by atoms with Crippen LogP contribution in [0.5, 0.6) is 11.5 Å². The molecule has 1 heterocycles. The van der Waals surface area contributed by atoms with Crippen LogP contribution in [0.1, 0.15) is 13.8 Å². The molecule has 0 bridgehead atoms. The summed E-state index contributed by atoms with van der Waals surface area (Å²) in [5, 5.41) is 0. The second kappa shape index (κ2) is 7.40. The Bertz CT molecular complexity index is 670. The third kappa shape index (κ3) is 3.99. The van der Waals surface area contributed by atoms with Gasteiger partial charge >= 0.3 is 0 Å². The highest BCUT2D eigenvalue weighted by Crippen LogP contribution is 2.33. The van der Waals surface area contributed by atoms with E-state index >= 15 is 0 Å². The molecule has 2 atom stereocenters. The summed E-state index contributed by atoms with van der Waals surface area (Å²) in [6.45, 7) is 4.46. The highest BCUT2D eigenvalue weighted by molar-refractivity contribution is 7.92. The van der Waals surface area contributed by atoms with Crippen molar-refractivity contribution in [3.63, 3.8) is 0 Å². The largest absolute Gasteiger partial charge is 0.495 e. The fraction of sp³-hybridized carbons (Fsp3) is 0.562. The van der Waals surface area contributed by atoms with Gasteiger partial charge in [-0.2, -0.15) is 0 Å². The topological polar surface area (TPSA) is 82.1 Å². The van der Waals surface area contributed by atoms with Gasteiger partial charge in [0, 0.05) is 13.1 Å². The minimum Gasteiger partial charge on any atom is -0.495 e. The fourth-order valence-corrected chi connectivity index (χ4v) is 4.40. The van der Waals surface area contributed by atoms with Crippen molar-refractivity contribution in [3.05, 3.63) is 18.2 Å². The van der Waals surface area contributed by atoms with E-state index in [9.17, 15) is 13.2 Å². The van der Waals surface area contributed by atoms with Crippen molar-refractivity contribution in [2.75, 3.05) is 33.1 Å². The maximum absolute atomic E-state index is 12.8. The second-order valence-corrected chi connectivity index (χ2v) is 7.73. The molecule has 1 saturated heterocycles. The summed E-state index contributed by atoms with van der Waals surface area (Å²) in [6.07, 6.45) is -0.248. The number of ether oxygens (including phenoxy) is 3. The zero-order valence-electron chi connectivity index (χ0n) is 14.3. The summed E-state index contributed by atoms with van der Waals surface area (Å²) in [6, 6.07) is 4.68. The minimum atomic E-state index is -3.91. The van der Waals surface area contributed by atoms with Gasteiger partial charge in [0.05, 0.1) is 26.4 Å². The average molecular weight is 357 g/mol. The van der Waals surface area contributed by atoms with Crippen LogP contribution in [0.3, 0.4) is 0 Å². The molecule has 8 heteroatoms. The van der Waals surface area contributed by atoms with Gasteiger partial charge in [0.15, 0.2) is 14.7 Å². The third-order valence-corrected chi connectivity index (χ3v) is 5.43. The number of methoxy groups -OCH3 is 2. The molecule has 0 aromatic heterocycles. The van der Waals surface area contributed by atoms with Gasteiger partial charge in [-0.1, -0.05) is 6.07 Å². The lowest BCUT2D eigenvalue weighted by molar-refractivity contribution is -0.140. The molecule has 1 aliphatic rings. The summed E-state index contributed by atoms with van der Waals surface area (Å²) < 4.78 is 41.4. The van der Waals surface area contributed by atoms with Crippen LogP contribution >= 0.6 is 0 Å². The smallest absolute Gasteiger partial charge is 0.238 e. The highest BCUT2D eigenvalue weighted by atomic mass is 32.2. The Morgan fingerprint density at radius 2 is 1.67 bits per heavy atom. The van der Waals surface area contributed by atoms with Crippen LogP contribution < -0.4 is 9.47 Å². The van der Waals surface area contributed by atoms with Crippen molar-refractivity contribution >= 4 is 15.7 Å². The number of benzene rings is 1. The van der Waals surface area contributed by atoms with Crippen LogP contribution in [0.2, 0.25) is 0 Å². The van der Waals surface area contributed by atoms with Crippen molar-refractivity contribution in [1.82, 2.24) is 4.90 Å². The lowest BCUT2D eigenvalue weighted by atomic mass is 10.2. The molecule has 24 heavy (non-hydrogen) atoms. The third-order valence-electron chi connectivity index (χ3n) is 3.78. The molecule has 1 amide bonds. The Labute approximate surface area is 142 Å². The van der Waals surface area contributed by atoms with E-state index in [0.29, 0.717) is 13.1 Å². The molecule has 0 radical (unpaired) electrons. The summed E-state index contributed by atoms with van der Waals surface area (Å²) in [4.78, 5) is 13.9. The monoisotopic (exact) mass is 357 g/mol. The molecular weight excluding hydrogens is 334 g/mol. The van der Waals surface area contributed by atoms with E-state index in [1.54, 1.807) is 6.07 Å². The van der Waals surface area contributed by atoms with Crippen LogP contribution in [0.25, 0.3) is 0 Å². The number of nitrogens with zero attached hydrogens (tertiary/aromatic N) is 1. The minimum absolute atomic E-state index is 0.0993. The molecular formula is C16H23NO6S. The SMILES string of the molecule is COc1cccc(OC)c1S(=O)(=O)CC(=O)N1CC(C)OC(C)C1. The molecule has 2 unspecified atom stereocenters. The Balaban J connectivity index is 2.27. The zero-order valence-corrected chi connectivity index (χ0v) is 15.1. The van der Waals surface area contributed by atoms with E-state index in [4.69, 9.17) is 14.2 Å². The standard InChI is InChI=1S/C16H23NO6S/c1-11-8-17(9-12(2)23-11)15(18)10-24(19,20)16-13(21-3)6-5-7-14(16)22-4/h5-7,11-12H,8-10H2,1-4H3. The first-order valence-corrected chi connectivity index (χ1v) is 9.30. The van der Waals surface area contributed by atoms with Gasteiger partial charge in [0.25, 0.3) is 0 Å². The number of rotatable bonds is 5. The number of carbonyl (C=O) groups is 1. The van der Waals surface area contributed by atoms with E-state index in [2.05, 4.69) is 0 Å². The first kappa shape index (κ1) is 18.5. The van der Waals surface area contributed by atoms with Gasteiger partial charge in [-0.05, 0) is 26.0 Å². The Kier molecular flexibility index (Phi) is 5.71. The Morgan fingerprint density at radius 1 is 1.17 bits per heavy atom. The molecule has 1 aromatic carbocycles. The van der Waals surface area contributed by atoms with Crippen LogP contribution in [0.4, 0.5) is 0 Å². The predicted octanol–water partition coefficient (Wildman–Crippen LogP) is 1.11. The summed E-state index contributed by atoms with van der Waals surface area (Å²) in [5.41, 5.74) is 0. The van der Waals surface area contributed by atoms with Crippen molar-refractivity contribution < 1.29 is 27.4 Å².